The number of aliphatic carboxylic acids is 1. The van der Waals surface area contributed by atoms with Gasteiger partial charge in [-0.3, -0.25) is 10.1 Å². The van der Waals surface area contributed by atoms with E-state index in [-0.39, 0.29) is 23.4 Å². The molecule has 1 aliphatic carbocycles. The molecule has 0 atom stereocenters. The number of carboxylic acid groups (broad SMARTS) is 1. The Bertz CT molecular complexity index is 545. The van der Waals surface area contributed by atoms with Gasteiger partial charge >= 0.3 is 12.0 Å². The Morgan fingerprint density at radius 1 is 1.23 bits per heavy atom. The molecule has 1 aromatic heterocycles. The predicted octanol–water partition coefficient (Wildman–Crippen LogP) is 2.60. The van der Waals surface area contributed by atoms with E-state index in [1.54, 1.807) is 0 Å². The third-order valence-electron chi connectivity index (χ3n) is 3.73. The molecule has 0 aromatic carbocycles. The average Bonchev–Trinajstić information content (AvgIpc) is 2.87. The molecule has 1 heterocycles. The molecule has 0 spiro atoms. The van der Waals surface area contributed by atoms with Crippen molar-refractivity contribution < 1.29 is 14.7 Å². The molecule has 22 heavy (non-hydrogen) atoms. The second kappa shape index (κ2) is 6.60. The highest BCUT2D eigenvalue weighted by molar-refractivity contribution is 7.09. The molecule has 7 nitrogen and oxygen atoms in total. The third-order valence-corrected chi connectivity index (χ3v) is 4.36. The number of rotatable bonds is 3. The molecule has 3 N–H and O–H groups in total. The Labute approximate surface area is 133 Å². The number of anilines is 1. The highest BCUT2D eigenvalue weighted by Gasteiger charge is 2.27. The van der Waals surface area contributed by atoms with Crippen molar-refractivity contribution >= 4 is 28.7 Å². The number of amides is 2. The van der Waals surface area contributed by atoms with E-state index in [0.717, 1.165) is 11.5 Å². The van der Waals surface area contributed by atoms with Crippen LogP contribution in [0.4, 0.5) is 9.93 Å². The van der Waals surface area contributed by atoms with Crippen molar-refractivity contribution in [3.63, 3.8) is 0 Å². The second-order valence-corrected chi connectivity index (χ2v) is 7.41. The summed E-state index contributed by atoms with van der Waals surface area (Å²) in [6.07, 6.45) is 2.59. The highest BCUT2D eigenvalue weighted by atomic mass is 32.1. The van der Waals surface area contributed by atoms with Crippen LogP contribution in [0.15, 0.2) is 0 Å². The molecule has 2 amide bonds. The van der Waals surface area contributed by atoms with Crippen molar-refractivity contribution in [3.8, 4) is 0 Å². The molecule has 1 saturated carbocycles. The van der Waals surface area contributed by atoms with Crippen molar-refractivity contribution in [2.45, 2.75) is 57.9 Å². The Hall–Kier alpha value is -1.70. The van der Waals surface area contributed by atoms with Gasteiger partial charge in [-0.1, -0.05) is 20.8 Å². The quantitative estimate of drug-likeness (QED) is 0.792. The van der Waals surface area contributed by atoms with Gasteiger partial charge in [0.05, 0.1) is 5.92 Å². The zero-order valence-corrected chi connectivity index (χ0v) is 13.9. The van der Waals surface area contributed by atoms with Crippen LogP contribution in [0, 0.1) is 5.92 Å². The summed E-state index contributed by atoms with van der Waals surface area (Å²) in [7, 11) is 0. The van der Waals surface area contributed by atoms with Crippen molar-refractivity contribution in [2.24, 2.45) is 5.92 Å². The van der Waals surface area contributed by atoms with Gasteiger partial charge in [0, 0.05) is 23.0 Å². The molecule has 1 aliphatic rings. The van der Waals surface area contributed by atoms with E-state index in [1.807, 2.05) is 20.8 Å². The van der Waals surface area contributed by atoms with Gasteiger partial charge in [0.2, 0.25) is 5.13 Å². The van der Waals surface area contributed by atoms with Gasteiger partial charge in [0.15, 0.2) is 0 Å². The van der Waals surface area contributed by atoms with E-state index < -0.39 is 5.97 Å². The minimum atomic E-state index is -0.744. The molecule has 2 rings (SSSR count). The van der Waals surface area contributed by atoms with Gasteiger partial charge in [-0.05, 0) is 25.7 Å². The lowest BCUT2D eigenvalue weighted by Gasteiger charge is -2.26. The summed E-state index contributed by atoms with van der Waals surface area (Å²) in [5.41, 5.74) is -0.151. The van der Waals surface area contributed by atoms with Gasteiger partial charge in [-0.2, -0.15) is 4.37 Å². The van der Waals surface area contributed by atoms with Crippen LogP contribution in [-0.4, -0.2) is 32.5 Å². The lowest BCUT2D eigenvalue weighted by atomic mass is 9.86. The van der Waals surface area contributed by atoms with Crippen LogP contribution < -0.4 is 10.6 Å². The Morgan fingerprint density at radius 2 is 1.86 bits per heavy atom. The Morgan fingerprint density at radius 3 is 2.36 bits per heavy atom. The smallest absolute Gasteiger partial charge is 0.321 e. The molecular weight excluding hydrogens is 304 g/mol. The summed E-state index contributed by atoms with van der Waals surface area (Å²) in [6.45, 7) is 6.04. The first-order valence-corrected chi connectivity index (χ1v) is 8.17. The fourth-order valence-corrected chi connectivity index (χ4v) is 3.14. The van der Waals surface area contributed by atoms with Gasteiger partial charge in [0.1, 0.15) is 5.82 Å². The normalized spacial score (nSPS) is 22.1. The number of carboxylic acids is 1. The van der Waals surface area contributed by atoms with Crippen molar-refractivity contribution in [1.29, 1.82) is 0 Å². The number of hydrogen-bond acceptors (Lipinski definition) is 5. The maximum Gasteiger partial charge on any atom is 0.321 e. The molecule has 1 aromatic rings. The highest BCUT2D eigenvalue weighted by Crippen LogP contribution is 2.25. The molecule has 0 radical (unpaired) electrons. The Balaban J connectivity index is 1.81. The number of carbonyl (C=O) groups excluding carboxylic acids is 1. The fraction of sp³-hybridized carbons (Fsp3) is 0.714. The topological polar surface area (TPSA) is 104 Å². The van der Waals surface area contributed by atoms with Gasteiger partial charge in [-0.25, -0.2) is 9.78 Å². The van der Waals surface area contributed by atoms with Crippen LogP contribution in [0.3, 0.4) is 0 Å². The fourth-order valence-electron chi connectivity index (χ4n) is 2.38. The summed E-state index contributed by atoms with van der Waals surface area (Å²) in [4.78, 5) is 27.2. The zero-order valence-electron chi connectivity index (χ0n) is 13.0. The predicted molar refractivity (Wildman–Crippen MR) is 84.1 cm³/mol. The van der Waals surface area contributed by atoms with E-state index in [9.17, 15) is 9.59 Å². The molecular formula is C14H22N4O3S. The maximum atomic E-state index is 12.0. The van der Waals surface area contributed by atoms with Crippen LogP contribution in [0.25, 0.3) is 0 Å². The van der Waals surface area contributed by atoms with Gasteiger partial charge in [0.25, 0.3) is 0 Å². The first-order chi connectivity index (χ1) is 10.3. The average molecular weight is 326 g/mol. The molecule has 8 heteroatoms. The lowest BCUT2D eigenvalue weighted by Crippen LogP contribution is -2.41. The molecule has 1 fully saturated rings. The number of aromatic nitrogens is 2. The van der Waals surface area contributed by atoms with E-state index in [2.05, 4.69) is 20.0 Å². The van der Waals surface area contributed by atoms with E-state index in [0.29, 0.717) is 36.6 Å². The van der Waals surface area contributed by atoms with Crippen LogP contribution in [0.5, 0.6) is 0 Å². The third kappa shape index (κ3) is 4.40. The van der Waals surface area contributed by atoms with E-state index in [4.69, 9.17) is 5.11 Å². The summed E-state index contributed by atoms with van der Waals surface area (Å²) >= 11 is 1.16. The monoisotopic (exact) mass is 326 g/mol. The van der Waals surface area contributed by atoms with Crippen LogP contribution in [0.2, 0.25) is 0 Å². The molecule has 0 unspecified atom stereocenters. The van der Waals surface area contributed by atoms with Crippen molar-refractivity contribution in [1.82, 2.24) is 14.7 Å². The number of nitrogens with zero attached hydrogens (tertiary/aromatic N) is 2. The Kier molecular flexibility index (Phi) is 5.00. The molecule has 0 saturated heterocycles. The lowest BCUT2D eigenvalue weighted by molar-refractivity contribution is -0.142. The number of hydrogen-bond donors (Lipinski definition) is 3. The first-order valence-electron chi connectivity index (χ1n) is 7.40. The second-order valence-electron chi connectivity index (χ2n) is 6.66. The number of nitrogens with one attached hydrogen (secondary N) is 2. The standard InChI is InChI=1S/C14H22N4O3S/c1-14(2,3)11-16-13(22-18-11)17-12(21)15-9-6-4-8(5-7-9)10(19)20/h8-9H,4-7H2,1-3H3,(H,19,20)(H2,15,16,17,18,21). The summed E-state index contributed by atoms with van der Waals surface area (Å²) in [5, 5.41) is 15.0. The van der Waals surface area contributed by atoms with Crippen molar-refractivity contribution in [2.75, 3.05) is 5.32 Å². The number of carbonyl (C=O) groups is 2. The zero-order chi connectivity index (χ0) is 16.3. The van der Waals surface area contributed by atoms with E-state index >= 15 is 0 Å². The minimum Gasteiger partial charge on any atom is -0.481 e. The first kappa shape index (κ1) is 16.7. The van der Waals surface area contributed by atoms with Crippen LogP contribution in [0.1, 0.15) is 52.3 Å². The SMILES string of the molecule is CC(C)(C)c1nsc(NC(=O)NC2CCC(C(=O)O)CC2)n1. The molecule has 122 valence electrons. The van der Waals surface area contributed by atoms with Crippen molar-refractivity contribution in [3.05, 3.63) is 5.82 Å². The maximum absolute atomic E-state index is 12.0. The van der Waals surface area contributed by atoms with Gasteiger partial charge < -0.3 is 10.4 Å². The number of urea groups is 1. The van der Waals surface area contributed by atoms with Crippen LogP contribution >= 0.6 is 11.5 Å². The summed E-state index contributed by atoms with van der Waals surface area (Å²) in [6, 6.07) is -0.291. The largest absolute Gasteiger partial charge is 0.481 e. The minimum absolute atomic E-state index is 0.0191. The summed E-state index contributed by atoms with van der Waals surface area (Å²) in [5.74, 6) is -0.320. The summed E-state index contributed by atoms with van der Waals surface area (Å²) < 4.78 is 4.24. The van der Waals surface area contributed by atoms with Gasteiger partial charge in [-0.15, -0.1) is 0 Å². The molecule has 0 aliphatic heterocycles. The molecule has 0 bridgehead atoms. The van der Waals surface area contributed by atoms with Crippen LogP contribution in [-0.2, 0) is 10.2 Å². The van der Waals surface area contributed by atoms with E-state index in [1.165, 1.54) is 0 Å².